The zero-order valence-corrected chi connectivity index (χ0v) is 18.4. The Bertz CT molecular complexity index is 1290. The molecule has 0 amide bonds. The summed E-state index contributed by atoms with van der Waals surface area (Å²) in [4.78, 5) is 0. The molecule has 0 aromatic heterocycles. The van der Waals surface area contributed by atoms with Gasteiger partial charge in [-0.2, -0.15) is 0 Å². The van der Waals surface area contributed by atoms with Gasteiger partial charge < -0.3 is 9.47 Å². The van der Waals surface area contributed by atoms with Crippen molar-refractivity contribution in [2.45, 2.75) is 19.3 Å². The SMILES string of the molecule is COc1ccc(C2=C(c3ccc(OC)cc3)C(C)(C)c3c2ccc2ccccc32)cc1. The van der Waals surface area contributed by atoms with Gasteiger partial charge in [0, 0.05) is 5.41 Å². The van der Waals surface area contributed by atoms with E-state index < -0.39 is 0 Å². The quantitative estimate of drug-likeness (QED) is 0.360. The number of hydrogen-bond acceptors (Lipinski definition) is 2. The van der Waals surface area contributed by atoms with Gasteiger partial charge >= 0.3 is 0 Å². The molecule has 4 aromatic carbocycles. The molecule has 0 bridgehead atoms. The van der Waals surface area contributed by atoms with Crippen molar-refractivity contribution in [1.29, 1.82) is 0 Å². The third-order valence-corrected chi connectivity index (χ3v) is 6.46. The van der Waals surface area contributed by atoms with Crippen LogP contribution in [-0.4, -0.2) is 14.2 Å². The summed E-state index contributed by atoms with van der Waals surface area (Å²) in [6.07, 6.45) is 0. The molecule has 0 N–H and O–H groups in total. The maximum Gasteiger partial charge on any atom is 0.118 e. The second-order valence-electron chi connectivity index (χ2n) is 8.54. The summed E-state index contributed by atoms with van der Waals surface area (Å²) >= 11 is 0. The lowest BCUT2D eigenvalue weighted by molar-refractivity contribution is 0.414. The third-order valence-electron chi connectivity index (χ3n) is 6.46. The van der Waals surface area contributed by atoms with Gasteiger partial charge in [-0.25, -0.2) is 0 Å². The minimum atomic E-state index is -0.153. The predicted octanol–water partition coefficient (Wildman–Crippen LogP) is 7.11. The van der Waals surface area contributed by atoms with E-state index in [1.54, 1.807) is 14.2 Å². The van der Waals surface area contributed by atoms with E-state index in [2.05, 4.69) is 74.5 Å². The van der Waals surface area contributed by atoms with Crippen molar-refractivity contribution in [3.8, 4) is 11.5 Å². The van der Waals surface area contributed by atoms with Gasteiger partial charge in [0.05, 0.1) is 14.2 Å². The minimum absolute atomic E-state index is 0.153. The van der Waals surface area contributed by atoms with Gasteiger partial charge in [0.1, 0.15) is 11.5 Å². The van der Waals surface area contributed by atoms with Gasteiger partial charge in [-0.3, -0.25) is 0 Å². The lowest BCUT2D eigenvalue weighted by Crippen LogP contribution is -2.17. The van der Waals surface area contributed by atoms with Crippen LogP contribution in [0.4, 0.5) is 0 Å². The molecule has 0 saturated heterocycles. The first kappa shape index (κ1) is 19.4. The van der Waals surface area contributed by atoms with E-state index in [1.165, 1.54) is 44.2 Å². The highest BCUT2D eigenvalue weighted by Gasteiger charge is 2.40. The van der Waals surface area contributed by atoms with E-state index in [-0.39, 0.29) is 5.41 Å². The van der Waals surface area contributed by atoms with Crippen LogP contribution in [0.3, 0.4) is 0 Å². The number of allylic oxidation sites excluding steroid dienone is 1. The Hall–Kier alpha value is -3.52. The number of hydrogen-bond donors (Lipinski definition) is 0. The Balaban J connectivity index is 1.83. The van der Waals surface area contributed by atoms with Crippen LogP contribution in [0.25, 0.3) is 21.9 Å². The molecule has 154 valence electrons. The second kappa shape index (κ2) is 7.31. The summed E-state index contributed by atoms with van der Waals surface area (Å²) in [6, 6.07) is 30.1. The monoisotopic (exact) mass is 406 g/mol. The first-order valence-corrected chi connectivity index (χ1v) is 10.6. The Morgan fingerprint density at radius 3 is 1.81 bits per heavy atom. The van der Waals surface area contributed by atoms with Crippen LogP contribution in [0, 0.1) is 0 Å². The molecule has 5 rings (SSSR count). The van der Waals surface area contributed by atoms with Crippen molar-refractivity contribution < 1.29 is 9.47 Å². The number of fused-ring (bicyclic) bond motifs is 3. The molecular weight excluding hydrogens is 380 g/mol. The molecule has 0 heterocycles. The maximum absolute atomic E-state index is 5.41. The van der Waals surface area contributed by atoms with Crippen LogP contribution in [0.2, 0.25) is 0 Å². The molecule has 0 saturated carbocycles. The van der Waals surface area contributed by atoms with E-state index in [4.69, 9.17) is 9.47 Å². The van der Waals surface area contributed by atoms with Crippen molar-refractivity contribution in [2.24, 2.45) is 0 Å². The molecule has 1 aliphatic rings. The molecule has 0 atom stereocenters. The Labute approximate surface area is 183 Å². The van der Waals surface area contributed by atoms with Gasteiger partial charge in [-0.05, 0) is 68.4 Å². The van der Waals surface area contributed by atoms with Crippen LogP contribution < -0.4 is 9.47 Å². The molecule has 2 nitrogen and oxygen atoms in total. The fraction of sp³-hybridized carbons (Fsp3) is 0.172. The highest BCUT2D eigenvalue weighted by Crippen LogP contribution is 2.55. The van der Waals surface area contributed by atoms with Crippen molar-refractivity contribution in [3.63, 3.8) is 0 Å². The van der Waals surface area contributed by atoms with Gasteiger partial charge in [0.2, 0.25) is 0 Å². The molecule has 1 aliphatic carbocycles. The highest BCUT2D eigenvalue weighted by atomic mass is 16.5. The minimum Gasteiger partial charge on any atom is -0.497 e. The molecule has 31 heavy (non-hydrogen) atoms. The average molecular weight is 407 g/mol. The number of benzene rings is 4. The Morgan fingerprint density at radius 1 is 0.613 bits per heavy atom. The molecule has 2 heteroatoms. The van der Waals surface area contributed by atoms with E-state index in [9.17, 15) is 0 Å². The number of rotatable bonds is 4. The number of ether oxygens (including phenoxy) is 2. The van der Waals surface area contributed by atoms with Gasteiger partial charge in [-0.1, -0.05) is 74.5 Å². The Morgan fingerprint density at radius 2 is 1.19 bits per heavy atom. The molecule has 0 radical (unpaired) electrons. The van der Waals surface area contributed by atoms with Gasteiger partial charge in [0.15, 0.2) is 0 Å². The van der Waals surface area contributed by atoms with Crippen LogP contribution in [-0.2, 0) is 5.41 Å². The van der Waals surface area contributed by atoms with Crippen LogP contribution in [0.15, 0.2) is 84.9 Å². The largest absolute Gasteiger partial charge is 0.497 e. The van der Waals surface area contributed by atoms with Crippen molar-refractivity contribution >= 4 is 21.9 Å². The normalized spacial score (nSPS) is 14.6. The smallest absolute Gasteiger partial charge is 0.118 e. The van der Waals surface area contributed by atoms with Crippen LogP contribution >= 0.6 is 0 Å². The summed E-state index contributed by atoms with van der Waals surface area (Å²) in [5.41, 5.74) is 7.60. The van der Waals surface area contributed by atoms with Gasteiger partial charge in [-0.15, -0.1) is 0 Å². The molecule has 0 fully saturated rings. The van der Waals surface area contributed by atoms with Crippen LogP contribution in [0.1, 0.15) is 36.1 Å². The van der Waals surface area contributed by atoms with Crippen molar-refractivity contribution in [1.82, 2.24) is 0 Å². The molecule has 0 aliphatic heterocycles. The second-order valence-corrected chi connectivity index (χ2v) is 8.54. The molecule has 0 unspecified atom stereocenters. The molecule has 4 aromatic rings. The van der Waals surface area contributed by atoms with E-state index >= 15 is 0 Å². The third kappa shape index (κ3) is 3.02. The predicted molar refractivity (Wildman–Crippen MR) is 129 cm³/mol. The van der Waals surface area contributed by atoms with E-state index in [1.807, 2.05) is 24.3 Å². The first-order chi connectivity index (χ1) is 15.0. The van der Waals surface area contributed by atoms with Crippen LogP contribution in [0.5, 0.6) is 11.5 Å². The summed E-state index contributed by atoms with van der Waals surface area (Å²) < 4.78 is 10.8. The molecular formula is C29H26O2. The summed E-state index contributed by atoms with van der Waals surface area (Å²) in [5.74, 6) is 1.74. The zero-order valence-electron chi connectivity index (χ0n) is 18.4. The van der Waals surface area contributed by atoms with E-state index in [0.29, 0.717) is 0 Å². The summed E-state index contributed by atoms with van der Waals surface area (Å²) in [7, 11) is 3.41. The van der Waals surface area contributed by atoms with Crippen molar-refractivity contribution in [3.05, 3.63) is 107 Å². The van der Waals surface area contributed by atoms with E-state index in [0.717, 1.165) is 11.5 Å². The number of methoxy groups -OCH3 is 2. The highest BCUT2D eigenvalue weighted by molar-refractivity contribution is 6.11. The standard InChI is InChI=1S/C29H26O2/c1-29(2)27(21-11-16-23(31-4)17-12-21)26(20-9-14-22(30-3)15-10-20)25-18-13-19-7-5-6-8-24(19)28(25)29/h5-18H,1-4H3. The molecule has 0 spiro atoms. The first-order valence-electron chi connectivity index (χ1n) is 10.6. The fourth-order valence-corrected chi connectivity index (χ4v) is 5.05. The topological polar surface area (TPSA) is 18.5 Å². The zero-order chi connectivity index (χ0) is 21.6. The lowest BCUT2D eigenvalue weighted by atomic mass is 9.76. The fourth-order valence-electron chi connectivity index (χ4n) is 5.05. The lowest BCUT2D eigenvalue weighted by Gasteiger charge is -2.27. The summed E-state index contributed by atoms with van der Waals surface area (Å²) in [6.45, 7) is 4.68. The summed E-state index contributed by atoms with van der Waals surface area (Å²) in [5, 5.41) is 2.60. The average Bonchev–Trinajstić information content (AvgIpc) is 3.06. The van der Waals surface area contributed by atoms with Crippen molar-refractivity contribution in [2.75, 3.05) is 14.2 Å². The van der Waals surface area contributed by atoms with Gasteiger partial charge in [0.25, 0.3) is 0 Å². The Kier molecular flexibility index (Phi) is 4.59. The maximum atomic E-state index is 5.41.